The van der Waals surface area contributed by atoms with Crippen molar-refractivity contribution in [3.63, 3.8) is 0 Å². The Kier molecular flexibility index (Phi) is 5.12. The average Bonchev–Trinajstić information content (AvgIpc) is 3.18. The monoisotopic (exact) mass is 426 g/mol. The van der Waals surface area contributed by atoms with Gasteiger partial charge in [-0.15, -0.1) is 0 Å². The summed E-state index contributed by atoms with van der Waals surface area (Å²) in [5, 5.41) is 19.0. The predicted octanol–water partition coefficient (Wildman–Crippen LogP) is 3.41. The molecule has 0 saturated heterocycles. The van der Waals surface area contributed by atoms with E-state index in [1.165, 1.54) is 30.1 Å². The highest BCUT2D eigenvalue weighted by Crippen LogP contribution is 2.34. The quantitative estimate of drug-likeness (QED) is 0.578. The largest absolute Gasteiger partial charge is 0.495 e. The molecule has 3 N–H and O–H groups in total. The van der Waals surface area contributed by atoms with Crippen molar-refractivity contribution in [1.82, 2.24) is 9.78 Å². The molecule has 0 radical (unpaired) electrons. The Hall–Kier alpha value is -4.21. The molecule has 1 atom stereocenters. The van der Waals surface area contributed by atoms with Crippen LogP contribution < -0.4 is 15.4 Å². The maximum absolute atomic E-state index is 14.4. The zero-order valence-corrected chi connectivity index (χ0v) is 16.1. The van der Waals surface area contributed by atoms with E-state index in [9.17, 15) is 23.5 Å². The summed E-state index contributed by atoms with van der Waals surface area (Å²) in [5.41, 5.74) is 0.168. The number of allylic oxidation sites excluding steroid dienone is 1. The molecule has 31 heavy (non-hydrogen) atoms. The van der Waals surface area contributed by atoms with Gasteiger partial charge >= 0.3 is 5.97 Å². The number of anilines is 2. The number of ether oxygens (including phenoxy) is 1. The predicted molar refractivity (Wildman–Crippen MR) is 107 cm³/mol. The number of fused-ring (bicyclic) bond motifs is 1. The molecule has 3 aromatic rings. The fraction of sp³-hybridized carbons (Fsp3) is 0.0952. The van der Waals surface area contributed by atoms with E-state index in [1.807, 2.05) is 0 Å². The van der Waals surface area contributed by atoms with Crippen LogP contribution in [0.4, 0.5) is 20.3 Å². The zero-order chi connectivity index (χ0) is 22.1. The Balaban J connectivity index is 1.75. The van der Waals surface area contributed by atoms with E-state index < -0.39 is 29.6 Å². The fourth-order valence-corrected chi connectivity index (χ4v) is 3.29. The van der Waals surface area contributed by atoms with Crippen molar-refractivity contribution in [2.24, 2.45) is 0 Å². The van der Waals surface area contributed by atoms with E-state index in [-0.39, 0.29) is 22.6 Å². The standard InChI is InChI=1S/C21H16F2N4O4/c1-31-18-5-3-2-4-15(18)26-20(28)13-10-24-27-17(9-16(21(29)30)25-19(13)27)12-7-6-11(22)8-14(12)23/h2-10,17,25H,1H3,(H,26,28)(H,29,30)/t17-/m0/s1. The van der Waals surface area contributed by atoms with E-state index in [1.54, 1.807) is 24.3 Å². The summed E-state index contributed by atoms with van der Waals surface area (Å²) in [6.45, 7) is 0. The lowest BCUT2D eigenvalue weighted by Crippen LogP contribution is -2.26. The summed E-state index contributed by atoms with van der Waals surface area (Å²) >= 11 is 0. The molecule has 2 aromatic carbocycles. The van der Waals surface area contributed by atoms with Crippen molar-refractivity contribution in [1.29, 1.82) is 0 Å². The number of nitrogens with zero attached hydrogens (tertiary/aromatic N) is 2. The third-order valence-electron chi connectivity index (χ3n) is 4.75. The second-order valence-corrected chi connectivity index (χ2v) is 6.63. The normalized spacial score (nSPS) is 14.8. The molecule has 8 nitrogen and oxygen atoms in total. The van der Waals surface area contributed by atoms with Gasteiger partial charge in [0.2, 0.25) is 0 Å². The number of amides is 1. The van der Waals surface area contributed by atoms with Crippen molar-refractivity contribution in [3.8, 4) is 5.75 Å². The Bertz CT molecular complexity index is 1220. The van der Waals surface area contributed by atoms with E-state index >= 15 is 0 Å². The molecular formula is C21H16F2N4O4. The van der Waals surface area contributed by atoms with Gasteiger partial charge in [-0.3, -0.25) is 4.79 Å². The Labute approximate surface area is 174 Å². The van der Waals surface area contributed by atoms with E-state index in [0.717, 1.165) is 6.07 Å². The number of rotatable bonds is 5. The third-order valence-corrected chi connectivity index (χ3v) is 4.75. The number of methoxy groups -OCH3 is 1. The summed E-state index contributed by atoms with van der Waals surface area (Å²) in [4.78, 5) is 24.5. The molecule has 1 amide bonds. The van der Waals surface area contributed by atoms with Crippen LogP contribution in [0.3, 0.4) is 0 Å². The number of aromatic nitrogens is 2. The number of carbonyl (C=O) groups excluding carboxylic acids is 1. The van der Waals surface area contributed by atoms with Gasteiger partial charge in [0.1, 0.15) is 40.5 Å². The first kappa shape index (κ1) is 20.1. The van der Waals surface area contributed by atoms with Crippen LogP contribution in [0.25, 0.3) is 0 Å². The van der Waals surface area contributed by atoms with Crippen molar-refractivity contribution < 1.29 is 28.2 Å². The molecule has 4 rings (SSSR count). The van der Waals surface area contributed by atoms with E-state index in [2.05, 4.69) is 15.7 Å². The van der Waals surface area contributed by atoms with Crippen molar-refractivity contribution in [3.05, 3.63) is 83.2 Å². The first-order valence-electron chi connectivity index (χ1n) is 9.08. The van der Waals surface area contributed by atoms with Gasteiger partial charge in [0.15, 0.2) is 0 Å². The van der Waals surface area contributed by atoms with Gasteiger partial charge in [-0.25, -0.2) is 18.3 Å². The lowest BCUT2D eigenvalue weighted by atomic mass is 10.0. The third kappa shape index (κ3) is 3.70. The Morgan fingerprint density at radius 2 is 2.00 bits per heavy atom. The first-order valence-corrected chi connectivity index (χ1v) is 9.08. The topological polar surface area (TPSA) is 105 Å². The number of hydrogen-bond acceptors (Lipinski definition) is 5. The van der Waals surface area contributed by atoms with Crippen LogP contribution in [0.5, 0.6) is 5.75 Å². The summed E-state index contributed by atoms with van der Waals surface area (Å²) in [6, 6.07) is 8.72. The average molecular weight is 426 g/mol. The number of carboxylic acids is 1. The second kappa shape index (κ2) is 7.90. The number of aliphatic carboxylic acids is 1. The van der Waals surface area contributed by atoms with Crippen molar-refractivity contribution in [2.45, 2.75) is 6.04 Å². The molecule has 0 aliphatic carbocycles. The summed E-state index contributed by atoms with van der Waals surface area (Å²) in [6.07, 6.45) is 2.47. The second-order valence-electron chi connectivity index (χ2n) is 6.63. The molecule has 0 bridgehead atoms. The molecule has 1 aromatic heterocycles. The van der Waals surface area contributed by atoms with Gasteiger partial charge in [-0.1, -0.05) is 18.2 Å². The maximum Gasteiger partial charge on any atom is 0.352 e. The van der Waals surface area contributed by atoms with Gasteiger partial charge < -0.3 is 20.5 Å². The van der Waals surface area contributed by atoms with Crippen LogP contribution >= 0.6 is 0 Å². The van der Waals surface area contributed by atoms with Gasteiger partial charge in [-0.2, -0.15) is 5.10 Å². The fourth-order valence-electron chi connectivity index (χ4n) is 3.29. The lowest BCUT2D eigenvalue weighted by molar-refractivity contribution is -0.132. The van der Waals surface area contributed by atoms with Crippen LogP contribution in [0.2, 0.25) is 0 Å². The number of hydrogen-bond donors (Lipinski definition) is 3. The van der Waals surface area contributed by atoms with Gasteiger partial charge in [0.05, 0.1) is 19.0 Å². The molecule has 10 heteroatoms. The van der Waals surface area contributed by atoms with Gasteiger partial charge in [0, 0.05) is 11.6 Å². The minimum Gasteiger partial charge on any atom is -0.495 e. The number of carbonyl (C=O) groups is 2. The van der Waals surface area contributed by atoms with E-state index in [4.69, 9.17) is 4.74 Å². The van der Waals surface area contributed by atoms with Crippen LogP contribution in [-0.4, -0.2) is 33.9 Å². The summed E-state index contributed by atoms with van der Waals surface area (Å²) in [5.74, 6) is -3.04. The molecule has 0 spiro atoms. The van der Waals surface area contributed by atoms with Crippen LogP contribution in [0.15, 0.2) is 60.4 Å². The number of halogens is 2. The molecule has 1 aliphatic heterocycles. The van der Waals surface area contributed by atoms with Crippen LogP contribution in [-0.2, 0) is 4.79 Å². The van der Waals surface area contributed by atoms with Crippen molar-refractivity contribution >= 4 is 23.4 Å². The van der Waals surface area contributed by atoms with Crippen molar-refractivity contribution in [2.75, 3.05) is 17.7 Å². The van der Waals surface area contributed by atoms with Crippen LogP contribution in [0.1, 0.15) is 22.0 Å². The maximum atomic E-state index is 14.4. The minimum absolute atomic E-state index is 0.00249. The molecule has 0 saturated carbocycles. The lowest BCUT2D eigenvalue weighted by Gasteiger charge is -2.24. The van der Waals surface area contributed by atoms with E-state index in [0.29, 0.717) is 17.5 Å². The Morgan fingerprint density at radius 3 is 2.71 bits per heavy atom. The minimum atomic E-state index is -1.31. The Morgan fingerprint density at radius 1 is 1.23 bits per heavy atom. The molecule has 158 valence electrons. The highest BCUT2D eigenvalue weighted by Gasteiger charge is 2.31. The SMILES string of the molecule is COc1ccccc1NC(=O)c1cnn2c1NC(C(=O)O)=C[C@H]2c1ccc(F)cc1F. The molecule has 0 fully saturated rings. The molecular weight excluding hydrogens is 410 g/mol. The molecule has 2 heterocycles. The van der Waals surface area contributed by atoms with Gasteiger partial charge in [-0.05, 0) is 24.3 Å². The highest BCUT2D eigenvalue weighted by atomic mass is 19.1. The number of carboxylic acid groups (broad SMARTS) is 1. The highest BCUT2D eigenvalue weighted by molar-refractivity contribution is 6.09. The van der Waals surface area contributed by atoms with Gasteiger partial charge in [0.25, 0.3) is 5.91 Å². The molecule has 1 aliphatic rings. The first-order chi connectivity index (χ1) is 14.9. The number of nitrogens with one attached hydrogen (secondary N) is 2. The summed E-state index contributed by atoms with van der Waals surface area (Å²) < 4.78 is 34.2. The zero-order valence-electron chi connectivity index (χ0n) is 16.1. The molecule has 0 unspecified atom stereocenters. The number of para-hydroxylation sites is 2. The smallest absolute Gasteiger partial charge is 0.352 e. The van der Waals surface area contributed by atoms with Crippen LogP contribution in [0, 0.1) is 11.6 Å². The summed E-state index contributed by atoms with van der Waals surface area (Å²) in [7, 11) is 1.46. The number of benzene rings is 2.